The highest BCUT2D eigenvalue weighted by Gasteiger charge is 2.07. The zero-order valence-electron chi connectivity index (χ0n) is 8.25. The van der Waals surface area contributed by atoms with E-state index < -0.39 is 0 Å². The maximum atomic E-state index is 3.66. The third-order valence-corrected chi connectivity index (χ3v) is 1.77. The fourth-order valence-corrected chi connectivity index (χ4v) is 1.15. The Balaban J connectivity index is 4.16. The van der Waals surface area contributed by atoms with Gasteiger partial charge >= 0.3 is 0 Å². The average Bonchev–Trinajstić information content (AvgIpc) is 2.04. The fourth-order valence-electron chi connectivity index (χ4n) is 1.15. The molecule has 0 radical (unpaired) electrons. The molecule has 0 saturated heterocycles. The van der Waals surface area contributed by atoms with Crippen LogP contribution in [0.2, 0.25) is 0 Å². The van der Waals surface area contributed by atoms with Gasteiger partial charge in [0.1, 0.15) is 0 Å². The number of allylic oxidation sites excluding steroid dienone is 2. The Morgan fingerprint density at radius 2 is 1.75 bits per heavy atom. The second-order valence-corrected chi connectivity index (χ2v) is 2.81. The predicted octanol–water partition coefficient (Wildman–Crippen LogP) is 2.88. The zero-order valence-corrected chi connectivity index (χ0v) is 8.25. The average molecular weight is 165 g/mol. The van der Waals surface area contributed by atoms with E-state index in [2.05, 4.69) is 43.1 Å². The normalized spacial score (nSPS) is 16.6. The summed E-state index contributed by atoms with van der Waals surface area (Å²) >= 11 is 0. The molecule has 12 heavy (non-hydrogen) atoms. The van der Waals surface area contributed by atoms with Gasteiger partial charge in [0, 0.05) is 6.04 Å². The molecule has 1 N–H and O–H groups in total. The monoisotopic (exact) mass is 165 g/mol. The lowest BCUT2D eigenvalue weighted by atomic mass is 10.0. The van der Waals surface area contributed by atoms with Gasteiger partial charge in [-0.05, 0) is 26.0 Å². The SMILES string of the molecule is C=CNC(/C=C\C)C(C)/C=C\C. The van der Waals surface area contributed by atoms with Crippen LogP contribution in [0.3, 0.4) is 0 Å². The molecule has 0 aliphatic rings. The Kier molecular flexibility index (Phi) is 6.16. The van der Waals surface area contributed by atoms with E-state index in [0.717, 1.165) is 0 Å². The van der Waals surface area contributed by atoms with Crippen molar-refractivity contribution in [3.05, 3.63) is 37.1 Å². The Bertz CT molecular complexity index is 168. The van der Waals surface area contributed by atoms with Crippen molar-refractivity contribution in [1.29, 1.82) is 0 Å². The first kappa shape index (κ1) is 11.0. The van der Waals surface area contributed by atoms with Gasteiger partial charge < -0.3 is 5.32 Å². The minimum Gasteiger partial charge on any atom is -0.385 e. The third kappa shape index (κ3) is 4.02. The first-order chi connectivity index (χ1) is 5.76. The zero-order chi connectivity index (χ0) is 9.40. The molecule has 0 bridgehead atoms. The summed E-state index contributed by atoms with van der Waals surface area (Å²) in [4.78, 5) is 0. The summed E-state index contributed by atoms with van der Waals surface area (Å²) in [5, 5.41) is 3.19. The maximum absolute atomic E-state index is 3.66. The lowest BCUT2D eigenvalue weighted by Gasteiger charge is -2.17. The molecule has 0 rings (SSSR count). The molecule has 1 nitrogen and oxygen atoms in total. The molecule has 2 unspecified atom stereocenters. The van der Waals surface area contributed by atoms with E-state index in [0.29, 0.717) is 12.0 Å². The second kappa shape index (κ2) is 6.71. The van der Waals surface area contributed by atoms with Crippen LogP contribution in [0.25, 0.3) is 0 Å². The molecule has 0 spiro atoms. The van der Waals surface area contributed by atoms with Crippen molar-refractivity contribution in [2.45, 2.75) is 26.8 Å². The smallest absolute Gasteiger partial charge is 0.0498 e. The van der Waals surface area contributed by atoms with Crippen LogP contribution < -0.4 is 5.32 Å². The molecular weight excluding hydrogens is 146 g/mol. The minimum absolute atomic E-state index is 0.365. The van der Waals surface area contributed by atoms with Gasteiger partial charge in [0.2, 0.25) is 0 Å². The van der Waals surface area contributed by atoms with Crippen molar-refractivity contribution in [3.63, 3.8) is 0 Å². The van der Waals surface area contributed by atoms with Crippen molar-refractivity contribution < 1.29 is 0 Å². The van der Waals surface area contributed by atoms with Crippen LogP contribution in [0.1, 0.15) is 20.8 Å². The van der Waals surface area contributed by atoms with Crippen molar-refractivity contribution in [2.75, 3.05) is 0 Å². The number of hydrogen-bond acceptors (Lipinski definition) is 1. The van der Waals surface area contributed by atoms with Gasteiger partial charge in [0.05, 0.1) is 0 Å². The van der Waals surface area contributed by atoms with Gasteiger partial charge in [-0.2, -0.15) is 0 Å². The standard InChI is InChI=1S/C11H19N/c1-5-8-10(4)11(9-6-2)12-7-3/h5-12H,3H2,1-2,4H3/b8-5-,9-6-. The van der Waals surface area contributed by atoms with Gasteiger partial charge in [-0.1, -0.05) is 37.8 Å². The molecule has 0 aromatic heterocycles. The van der Waals surface area contributed by atoms with Crippen molar-refractivity contribution in [1.82, 2.24) is 5.32 Å². The minimum atomic E-state index is 0.365. The summed E-state index contributed by atoms with van der Waals surface area (Å²) in [6, 6.07) is 0.365. The van der Waals surface area contributed by atoms with Crippen LogP contribution in [0, 0.1) is 5.92 Å². The number of hydrogen-bond donors (Lipinski definition) is 1. The Hall–Kier alpha value is -0.980. The lowest BCUT2D eigenvalue weighted by molar-refractivity contribution is 0.562. The van der Waals surface area contributed by atoms with Crippen LogP contribution in [0.15, 0.2) is 37.1 Å². The number of rotatable bonds is 5. The maximum Gasteiger partial charge on any atom is 0.0498 e. The molecule has 68 valence electrons. The molecule has 0 amide bonds. The number of nitrogens with one attached hydrogen (secondary N) is 1. The van der Waals surface area contributed by atoms with Gasteiger partial charge in [0.15, 0.2) is 0 Å². The van der Waals surface area contributed by atoms with Gasteiger partial charge in [-0.15, -0.1) is 0 Å². The van der Waals surface area contributed by atoms with E-state index in [-0.39, 0.29) is 0 Å². The summed E-state index contributed by atoms with van der Waals surface area (Å²) < 4.78 is 0. The summed E-state index contributed by atoms with van der Waals surface area (Å²) in [5.41, 5.74) is 0. The van der Waals surface area contributed by atoms with Crippen LogP contribution >= 0.6 is 0 Å². The Morgan fingerprint density at radius 3 is 2.17 bits per heavy atom. The summed E-state index contributed by atoms with van der Waals surface area (Å²) in [7, 11) is 0. The van der Waals surface area contributed by atoms with Crippen LogP contribution in [0.4, 0.5) is 0 Å². The quantitative estimate of drug-likeness (QED) is 0.618. The van der Waals surface area contributed by atoms with Crippen molar-refractivity contribution in [3.8, 4) is 0 Å². The van der Waals surface area contributed by atoms with E-state index in [4.69, 9.17) is 0 Å². The highest BCUT2D eigenvalue weighted by atomic mass is 14.9. The molecule has 0 saturated carbocycles. The predicted molar refractivity (Wildman–Crippen MR) is 55.9 cm³/mol. The first-order valence-electron chi connectivity index (χ1n) is 4.38. The molecule has 0 aromatic carbocycles. The van der Waals surface area contributed by atoms with Gasteiger partial charge in [-0.3, -0.25) is 0 Å². The Labute approximate surface area is 75.9 Å². The molecule has 0 aliphatic carbocycles. The first-order valence-corrected chi connectivity index (χ1v) is 4.38. The van der Waals surface area contributed by atoms with Crippen LogP contribution in [-0.4, -0.2) is 6.04 Å². The van der Waals surface area contributed by atoms with Crippen molar-refractivity contribution in [2.24, 2.45) is 5.92 Å². The molecular formula is C11H19N. The summed E-state index contributed by atoms with van der Waals surface area (Å²) in [5.74, 6) is 0.504. The molecule has 0 fully saturated rings. The Morgan fingerprint density at radius 1 is 1.17 bits per heavy atom. The van der Waals surface area contributed by atoms with E-state index >= 15 is 0 Å². The third-order valence-electron chi connectivity index (χ3n) is 1.77. The van der Waals surface area contributed by atoms with E-state index in [1.54, 1.807) is 6.20 Å². The fraction of sp³-hybridized carbons (Fsp3) is 0.455. The molecule has 0 heterocycles. The van der Waals surface area contributed by atoms with E-state index in [9.17, 15) is 0 Å². The van der Waals surface area contributed by atoms with Gasteiger partial charge in [-0.25, -0.2) is 0 Å². The summed E-state index contributed by atoms with van der Waals surface area (Å²) in [6.07, 6.45) is 10.2. The van der Waals surface area contributed by atoms with Gasteiger partial charge in [0.25, 0.3) is 0 Å². The van der Waals surface area contributed by atoms with Crippen molar-refractivity contribution >= 4 is 0 Å². The molecule has 1 heteroatoms. The topological polar surface area (TPSA) is 12.0 Å². The molecule has 0 aliphatic heterocycles. The highest BCUT2D eigenvalue weighted by Crippen LogP contribution is 2.06. The van der Waals surface area contributed by atoms with E-state index in [1.807, 2.05) is 13.8 Å². The highest BCUT2D eigenvalue weighted by molar-refractivity contribution is 5.02. The largest absolute Gasteiger partial charge is 0.385 e. The second-order valence-electron chi connectivity index (χ2n) is 2.81. The van der Waals surface area contributed by atoms with Crippen LogP contribution in [0.5, 0.6) is 0 Å². The lowest BCUT2D eigenvalue weighted by Crippen LogP contribution is -2.27. The molecule has 2 atom stereocenters. The van der Waals surface area contributed by atoms with Crippen LogP contribution in [-0.2, 0) is 0 Å². The summed E-state index contributed by atoms with van der Waals surface area (Å²) in [6.45, 7) is 9.90. The van der Waals surface area contributed by atoms with E-state index in [1.165, 1.54) is 0 Å². The molecule has 0 aromatic rings.